The third-order valence-corrected chi connectivity index (χ3v) is 1.75. The van der Waals surface area contributed by atoms with E-state index in [1.807, 2.05) is 12.2 Å². The van der Waals surface area contributed by atoms with Crippen molar-refractivity contribution in [2.75, 3.05) is 0 Å². The zero-order chi connectivity index (χ0) is 8.36. The van der Waals surface area contributed by atoms with E-state index >= 15 is 0 Å². The third-order valence-electron chi connectivity index (χ3n) is 1.75. The van der Waals surface area contributed by atoms with Gasteiger partial charge in [-0.2, -0.15) is 0 Å². The monoisotopic (exact) mass is 152 g/mol. The molecule has 11 heavy (non-hydrogen) atoms. The van der Waals surface area contributed by atoms with Gasteiger partial charge in [0.25, 0.3) is 0 Å². The maximum Gasteiger partial charge on any atom is -0.0348 e. The van der Waals surface area contributed by atoms with Gasteiger partial charge in [0.2, 0.25) is 0 Å². The van der Waals surface area contributed by atoms with Gasteiger partial charge in [-0.15, -0.1) is 0 Å². The molecule has 0 aromatic heterocycles. The van der Waals surface area contributed by atoms with Crippen LogP contribution in [-0.2, 0) is 0 Å². The Kier molecular flexibility index (Phi) is 9.03. The molecule has 0 fully saturated rings. The summed E-state index contributed by atoms with van der Waals surface area (Å²) in [5, 5.41) is 0. The Hall–Kier alpha value is -0.520. The SMILES string of the molecule is C=CC=CCCCCCCC. The Bertz CT molecular complexity index is 101. The lowest BCUT2D eigenvalue weighted by Crippen LogP contribution is -1.75. The van der Waals surface area contributed by atoms with Gasteiger partial charge in [0.05, 0.1) is 0 Å². The molecule has 0 saturated heterocycles. The van der Waals surface area contributed by atoms with Gasteiger partial charge in [-0.3, -0.25) is 0 Å². The maximum absolute atomic E-state index is 3.62. The first-order valence-corrected chi connectivity index (χ1v) is 4.69. The number of unbranched alkanes of at least 4 members (excludes halogenated alkanes) is 5. The van der Waals surface area contributed by atoms with Crippen molar-refractivity contribution in [3.63, 3.8) is 0 Å². The predicted molar refractivity (Wildman–Crippen MR) is 52.7 cm³/mol. The van der Waals surface area contributed by atoms with Gasteiger partial charge >= 0.3 is 0 Å². The Balaban J connectivity index is 2.90. The lowest BCUT2D eigenvalue weighted by atomic mass is 10.1. The molecule has 0 N–H and O–H groups in total. The molecule has 64 valence electrons. The molecule has 0 rings (SSSR count). The highest BCUT2D eigenvalue weighted by Gasteiger charge is 1.85. The fourth-order valence-corrected chi connectivity index (χ4v) is 1.06. The summed E-state index contributed by atoms with van der Waals surface area (Å²) < 4.78 is 0. The summed E-state index contributed by atoms with van der Waals surface area (Å²) in [4.78, 5) is 0. The summed E-state index contributed by atoms with van der Waals surface area (Å²) in [6.07, 6.45) is 14.1. The number of rotatable bonds is 7. The van der Waals surface area contributed by atoms with Gasteiger partial charge in [0.15, 0.2) is 0 Å². The van der Waals surface area contributed by atoms with Gasteiger partial charge in [0, 0.05) is 0 Å². The van der Waals surface area contributed by atoms with Crippen LogP contribution in [0.4, 0.5) is 0 Å². The topological polar surface area (TPSA) is 0 Å². The first kappa shape index (κ1) is 10.5. The first-order valence-electron chi connectivity index (χ1n) is 4.69. The fraction of sp³-hybridized carbons (Fsp3) is 0.636. The molecule has 0 aromatic carbocycles. The normalized spacial score (nSPS) is 10.6. The van der Waals surface area contributed by atoms with Gasteiger partial charge in [0.1, 0.15) is 0 Å². The molecule has 0 heterocycles. The highest BCUT2D eigenvalue weighted by molar-refractivity contribution is 4.96. The van der Waals surface area contributed by atoms with Crippen LogP contribution in [0.25, 0.3) is 0 Å². The summed E-state index contributed by atoms with van der Waals surface area (Å²) in [7, 11) is 0. The van der Waals surface area contributed by atoms with Crippen molar-refractivity contribution in [1.29, 1.82) is 0 Å². The molecule has 0 atom stereocenters. The van der Waals surface area contributed by atoms with Crippen molar-refractivity contribution in [2.45, 2.75) is 45.4 Å². The molecular formula is C11H20. The minimum absolute atomic E-state index is 1.22. The number of hydrogen-bond donors (Lipinski definition) is 0. The van der Waals surface area contributed by atoms with E-state index < -0.39 is 0 Å². The van der Waals surface area contributed by atoms with Crippen molar-refractivity contribution in [1.82, 2.24) is 0 Å². The van der Waals surface area contributed by atoms with Gasteiger partial charge in [-0.1, -0.05) is 57.4 Å². The molecule has 0 saturated carbocycles. The van der Waals surface area contributed by atoms with Crippen LogP contribution in [0.2, 0.25) is 0 Å². The molecule has 0 bridgehead atoms. The van der Waals surface area contributed by atoms with E-state index in [1.54, 1.807) is 0 Å². The van der Waals surface area contributed by atoms with Gasteiger partial charge in [-0.25, -0.2) is 0 Å². The van der Waals surface area contributed by atoms with Crippen LogP contribution in [0.15, 0.2) is 24.8 Å². The van der Waals surface area contributed by atoms with Crippen molar-refractivity contribution < 1.29 is 0 Å². The highest BCUT2D eigenvalue weighted by atomic mass is 13.9. The summed E-state index contributed by atoms with van der Waals surface area (Å²) in [5.74, 6) is 0. The van der Waals surface area contributed by atoms with E-state index in [0.717, 1.165) is 0 Å². The zero-order valence-electron chi connectivity index (χ0n) is 7.68. The van der Waals surface area contributed by atoms with Crippen LogP contribution < -0.4 is 0 Å². The zero-order valence-corrected chi connectivity index (χ0v) is 7.68. The summed E-state index contributed by atoms with van der Waals surface area (Å²) >= 11 is 0. The van der Waals surface area contributed by atoms with E-state index in [1.165, 1.54) is 38.5 Å². The molecule has 0 aliphatic heterocycles. The molecule has 0 nitrogen and oxygen atoms in total. The largest absolute Gasteiger partial charge is 0.0991 e. The van der Waals surface area contributed by atoms with Crippen molar-refractivity contribution in [3.05, 3.63) is 24.8 Å². The number of allylic oxidation sites excluding steroid dienone is 3. The summed E-state index contributed by atoms with van der Waals surface area (Å²) in [6.45, 7) is 5.87. The van der Waals surface area contributed by atoms with Crippen LogP contribution >= 0.6 is 0 Å². The first-order chi connectivity index (χ1) is 5.41. The second kappa shape index (κ2) is 9.48. The smallest absolute Gasteiger partial charge is 0.0348 e. The summed E-state index contributed by atoms with van der Waals surface area (Å²) in [5.41, 5.74) is 0. The number of hydrogen-bond acceptors (Lipinski definition) is 0. The van der Waals surface area contributed by atoms with E-state index in [9.17, 15) is 0 Å². The predicted octanol–water partition coefficient (Wildman–Crippen LogP) is 4.09. The Morgan fingerprint density at radius 2 is 1.82 bits per heavy atom. The third kappa shape index (κ3) is 9.48. The molecule has 0 aliphatic rings. The van der Waals surface area contributed by atoms with E-state index in [4.69, 9.17) is 0 Å². The van der Waals surface area contributed by atoms with Crippen molar-refractivity contribution in [3.8, 4) is 0 Å². The van der Waals surface area contributed by atoms with Crippen LogP contribution in [0, 0.1) is 0 Å². The standard InChI is InChI=1S/C11H20/c1-3-5-7-9-11-10-8-6-4-2/h3,5,7H,1,4,6,8-11H2,2H3. The fourth-order valence-electron chi connectivity index (χ4n) is 1.06. The maximum atomic E-state index is 3.62. The molecular weight excluding hydrogens is 132 g/mol. The van der Waals surface area contributed by atoms with Gasteiger partial charge < -0.3 is 0 Å². The molecule has 0 radical (unpaired) electrons. The van der Waals surface area contributed by atoms with E-state index in [-0.39, 0.29) is 0 Å². The van der Waals surface area contributed by atoms with Crippen molar-refractivity contribution >= 4 is 0 Å². The highest BCUT2D eigenvalue weighted by Crippen LogP contribution is 2.04. The van der Waals surface area contributed by atoms with Crippen LogP contribution in [0.3, 0.4) is 0 Å². The molecule has 0 aliphatic carbocycles. The molecule has 0 spiro atoms. The molecule has 0 heteroatoms. The van der Waals surface area contributed by atoms with Crippen LogP contribution in [-0.4, -0.2) is 0 Å². The lowest BCUT2D eigenvalue weighted by molar-refractivity contribution is 0.637. The van der Waals surface area contributed by atoms with E-state index in [0.29, 0.717) is 0 Å². The van der Waals surface area contributed by atoms with Crippen LogP contribution in [0.1, 0.15) is 45.4 Å². The quantitative estimate of drug-likeness (QED) is 0.381. The average Bonchev–Trinajstić information content (AvgIpc) is 2.03. The second-order valence-electron chi connectivity index (χ2n) is 2.87. The second-order valence-corrected chi connectivity index (χ2v) is 2.87. The summed E-state index contributed by atoms with van der Waals surface area (Å²) in [6, 6.07) is 0. The van der Waals surface area contributed by atoms with Gasteiger partial charge in [-0.05, 0) is 12.8 Å². The minimum atomic E-state index is 1.22. The molecule has 0 aromatic rings. The molecule has 0 unspecified atom stereocenters. The lowest BCUT2D eigenvalue weighted by Gasteiger charge is -1.95. The van der Waals surface area contributed by atoms with E-state index in [2.05, 4.69) is 19.6 Å². The Morgan fingerprint density at radius 1 is 1.09 bits per heavy atom. The minimum Gasteiger partial charge on any atom is -0.0991 e. The average molecular weight is 152 g/mol. The Labute approximate surface area is 71.0 Å². The van der Waals surface area contributed by atoms with Crippen LogP contribution in [0.5, 0.6) is 0 Å². The van der Waals surface area contributed by atoms with Crippen molar-refractivity contribution in [2.24, 2.45) is 0 Å². The Morgan fingerprint density at radius 3 is 2.45 bits per heavy atom. The molecule has 0 amide bonds.